The fourth-order valence-corrected chi connectivity index (χ4v) is 2.76. The van der Waals surface area contributed by atoms with Crippen molar-refractivity contribution in [3.63, 3.8) is 0 Å². The lowest BCUT2D eigenvalue weighted by Crippen LogP contribution is -2.21. The van der Waals surface area contributed by atoms with Crippen LogP contribution < -0.4 is 5.73 Å². The lowest BCUT2D eigenvalue weighted by atomic mass is 9.90. The molecule has 2 heteroatoms. The van der Waals surface area contributed by atoms with Gasteiger partial charge in [-0.3, -0.25) is 0 Å². The Morgan fingerprint density at radius 2 is 2.00 bits per heavy atom. The molecule has 0 bridgehead atoms. The van der Waals surface area contributed by atoms with Gasteiger partial charge in [-0.2, -0.15) is 0 Å². The van der Waals surface area contributed by atoms with Crippen LogP contribution in [-0.4, -0.2) is 12.8 Å². The SMILES string of the molecule is CSc1cc(C)c(C)c(C2(CN)CC2)c1. The maximum atomic E-state index is 5.90. The van der Waals surface area contributed by atoms with E-state index in [9.17, 15) is 0 Å². The summed E-state index contributed by atoms with van der Waals surface area (Å²) < 4.78 is 0. The molecule has 0 aliphatic heterocycles. The van der Waals surface area contributed by atoms with Crippen molar-refractivity contribution in [3.05, 3.63) is 28.8 Å². The van der Waals surface area contributed by atoms with Gasteiger partial charge >= 0.3 is 0 Å². The predicted octanol–water partition coefficient (Wildman–Crippen LogP) is 3.02. The van der Waals surface area contributed by atoms with Crippen LogP contribution in [-0.2, 0) is 5.41 Å². The first kappa shape index (κ1) is 11.0. The molecule has 0 saturated heterocycles. The molecule has 0 atom stereocenters. The van der Waals surface area contributed by atoms with E-state index in [1.807, 2.05) is 11.8 Å². The molecule has 1 fully saturated rings. The van der Waals surface area contributed by atoms with Crippen LogP contribution in [0, 0.1) is 13.8 Å². The fraction of sp³-hybridized carbons (Fsp3) is 0.538. The highest BCUT2D eigenvalue weighted by atomic mass is 32.2. The smallest absolute Gasteiger partial charge is 0.00793 e. The molecule has 15 heavy (non-hydrogen) atoms. The van der Waals surface area contributed by atoms with Gasteiger partial charge in [0.2, 0.25) is 0 Å². The third-order valence-electron chi connectivity index (χ3n) is 3.69. The molecule has 1 aliphatic rings. The Morgan fingerprint density at radius 1 is 1.33 bits per heavy atom. The molecule has 1 aromatic rings. The van der Waals surface area contributed by atoms with Gasteiger partial charge in [0.25, 0.3) is 0 Å². The van der Waals surface area contributed by atoms with Crippen LogP contribution in [0.15, 0.2) is 17.0 Å². The van der Waals surface area contributed by atoms with Crippen molar-refractivity contribution in [2.45, 2.75) is 37.0 Å². The molecule has 1 aromatic carbocycles. The normalized spacial score (nSPS) is 17.9. The Kier molecular flexibility index (Phi) is 2.82. The Balaban J connectivity index is 2.50. The molecule has 0 aromatic heterocycles. The minimum Gasteiger partial charge on any atom is -0.330 e. The van der Waals surface area contributed by atoms with Gasteiger partial charge < -0.3 is 5.73 Å². The first-order chi connectivity index (χ1) is 7.13. The summed E-state index contributed by atoms with van der Waals surface area (Å²) in [5.41, 5.74) is 10.6. The number of hydrogen-bond acceptors (Lipinski definition) is 2. The number of benzene rings is 1. The van der Waals surface area contributed by atoms with E-state index in [-0.39, 0.29) is 0 Å². The number of hydrogen-bond donors (Lipinski definition) is 1. The van der Waals surface area contributed by atoms with E-state index in [0.29, 0.717) is 5.41 Å². The summed E-state index contributed by atoms with van der Waals surface area (Å²) in [5, 5.41) is 0. The quantitative estimate of drug-likeness (QED) is 0.794. The number of rotatable bonds is 3. The molecular formula is C13H19NS. The molecule has 1 saturated carbocycles. The molecular weight excluding hydrogens is 202 g/mol. The van der Waals surface area contributed by atoms with Gasteiger partial charge in [-0.15, -0.1) is 11.8 Å². The second-order valence-electron chi connectivity index (χ2n) is 4.60. The summed E-state index contributed by atoms with van der Waals surface area (Å²) in [6.45, 7) is 5.22. The van der Waals surface area contributed by atoms with Gasteiger partial charge in [0.1, 0.15) is 0 Å². The van der Waals surface area contributed by atoms with E-state index >= 15 is 0 Å². The van der Waals surface area contributed by atoms with Crippen molar-refractivity contribution in [1.29, 1.82) is 0 Å². The molecule has 2 rings (SSSR count). The zero-order valence-electron chi connectivity index (χ0n) is 9.76. The van der Waals surface area contributed by atoms with Crippen LogP contribution in [0.25, 0.3) is 0 Å². The van der Waals surface area contributed by atoms with E-state index in [2.05, 4.69) is 32.2 Å². The van der Waals surface area contributed by atoms with Gasteiger partial charge in [-0.25, -0.2) is 0 Å². The van der Waals surface area contributed by atoms with Crippen molar-refractivity contribution in [2.24, 2.45) is 5.73 Å². The van der Waals surface area contributed by atoms with Crippen molar-refractivity contribution in [3.8, 4) is 0 Å². The highest BCUT2D eigenvalue weighted by molar-refractivity contribution is 7.98. The largest absolute Gasteiger partial charge is 0.330 e. The molecule has 0 unspecified atom stereocenters. The first-order valence-corrected chi connectivity index (χ1v) is 6.71. The monoisotopic (exact) mass is 221 g/mol. The Labute approximate surface area is 96.4 Å². The molecule has 82 valence electrons. The Bertz CT molecular complexity index is 380. The minimum atomic E-state index is 0.320. The summed E-state index contributed by atoms with van der Waals surface area (Å²) >= 11 is 1.82. The maximum Gasteiger partial charge on any atom is 0.00793 e. The van der Waals surface area contributed by atoms with Crippen LogP contribution in [0.1, 0.15) is 29.5 Å². The fourth-order valence-electron chi connectivity index (χ4n) is 2.23. The van der Waals surface area contributed by atoms with Crippen molar-refractivity contribution in [1.82, 2.24) is 0 Å². The predicted molar refractivity (Wildman–Crippen MR) is 67.7 cm³/mol. The summed E-state index contributed by atoms with van der Waals surface area (Å²) in [4.78, 5) is 1.37. The Hall–Kier alpha value is -0.470. The van der Waals surface area contributed by atoms with Crippen molar-refractivity contribution >= 4 is 11.8 Å². The van der Waals surface area contributed by atoms with E-state index in [0.717, 1.165) is 6.54 Å². The number of thioether (sulfide) groups is 1. The second-order valence-corrected chi connectivity index (χ2v) is 5.48. The van der Waals surface area contributed by atoms with E-state index in [4.69, 9.17) is 5.73 Å². The van der Waals surface area contributed by atoms with Crippen LogP contribution >= 0.6 is 11.8 Å². The molecule has 1 nitrogen and oxygen atoms in total. The third-order valence-corrected chi connectivity index (χ3v) is 4.40. The lowest BCUT2D eigenvalue weighted by Gasteiger charge is -2.19. The third kappa shape index (κ3) is 1.81. The highest BCUT2D eigenvalue weighted by Gasteiger charge is 2.44. The zero-order chi connectivity index (χ0) is 11.1. The number of nitrogens with two attached hydrogens (primary N) is 1. The lowest BCUT2D eigenvalue weighted by molar-refractivity contribution is 0.695. The van der Waals surface area contributed by atoms with Crippen LogP contribution in [0.5, 0.6) is 0 Å². The van der Waals surface area contributed by atoms with Gasteiger partial charge in [-0.05, 0) is 61.8 Å². The molecule has 0 radical (unpaired) electrons. The number of aryl methyl sites for hydroxylation is 1. The topological polar surface area (TPSA) is 26.0 Å². The minimum absolute atomic E-state index is 0.320. The van der Waals surface area contributed by atoms with Crippen molar-refractivity contribution in [2.75, 3.05) is 12.8 Å². The molecule has 2 N–H and O–H groups in total. The second kappa shape index (κ2) is 3.84. The van der Waals surface area contributed by atoms with Crippen LogP contribution in [0.2, 0.25) is 0 Å². The van der Waals surface area contributed by atoms with E-state index in [1.165, 1.54) is 34.4 Å². The molecule has 0 heterocycles. The first-order valence-electron chi connectivity index (χ1n) is 5.49. The average Bonchev–Trinajstić information content (AvgIpc) is 3.02. The zero-order valence-corrected chi connectivity index (χ0v) is 10.6. The molecule has 1 aliphatic carbocycles. The average molecular weight is 221 g/mol. The van der Waals surface area contributed by atoms with Gasteiger partial charge in [-0.1, -0.05) is 0 Å². The van der Waals surface area contributed by atoms with E-state index < -0.39 is 0 Å². The highest BCUT2D eigenvalue weighted by Crippen LogP contribution is 2.49. The summed E-state index contributed by atoms with van der Waals surface area (Å²) in [6.07, 6.45) is 4.67. The summed E-state index contributed by atoms with van der Waals surface area (Å²) in [6, 6.07) is 4.61. The van der Waals surface area contributed by atoms with Gasteiger partial charge in [0.05, 0.1) is 0 Å². The van der Waals surface area contributed by atoms with E-state index in [1.54, 1.807) is 0 Å². The molecule has 0 amide bonds. The molecule has 0 spiro atoms. The van der Waals surface area contributed by atoms with Crippen LogP contribution in [0.4, 0.5) is 0 Å². The summed E-state index contributed by atoms with van der Waals surface area (Å²) in [5.74, 6) is 0. The maximum absolute atomic E-state index is 5.90. The van der Waals surface area contributed by atoms with Gasteiger partial charge in [0, 0.05) is 16.9 Å². The van der Waals surface area contributed by atoms with Crippen molar-refractivity contribution < 1.29 is 0 Å². The van der Waals surface area contributed by atoms with Crippen LogP contribution in [0.3, 0.4) is 0 Å². The summed E-state index contributed by atoms with van der Waals surface area (Å²) in [7, 11) is 0. The standard InChI is InChI=1S/C13H19NS/c1-9-6-11(15-3)7-12(10(9)2)13(8-14)4-5-13/h6-7H,4-5,8,14H2,1-3H3. The van der Waals surface area contributed by atoms with Gasteiger partial charge in [0.15, 0.2) is 0 Å². The Morgan fingerprint density at radius 3 is 2.47 bits per heavy atom.